The van der Waals surface area contributed by atoms with Gasteiger partial charge < -0.3 is 9.47 Å². The highest BCUT2D eigenvalue weighted by atomic mass is 35.5. The lowest BCUT2D eigenvalue weighted by Gasteiger charge is -2.26. The number of methoxy groups -OCH3 is 1. The Kier molecular flexibility index (Phi) is 7.16. The zero-order valence-electron chi connectivity index (χ0n) is 16.3. The number of rotatable bonds is 7. The number of piperidine rings is 1. The molecule has 0 radical (unpaired) electrons. The Morgan fingerprint density at radius 3 is 2.41 bits per heavy atom. The van der Waals surface area contributed by atoms with E-state index in [2.05, 4.69) is 0 Å². The average molecular weight is 438 g/mol. The van der Waals surface area contributed by atoms with Gasteiger partial charge in [0.15, 0.2) is 0 Å². The zero-order chi connectivity index (χ0) is 20.9. The van der Waals surface area contributed by atoms with Gasteiger partial charge in [0.05, 0.1) is 24.3 Å². The van der Waals surface area contributed by atoms with Gasteiger partial charge in [-0.1, -0.05) is 30.2 Å². The number of carbonyl (C=O) groups is 1. The molecule has 1 fully saturated rings. The highest BCUT2D eigenvalue weighted by Gasteiger charge is 2.29. The van der Waals surface area contributed by atoms with Crippen LogP contribution < -0.4 is 4.74 Å². The summed E-state index contributed by atoms with van der Waals surface area (Å²) in [7, 11) is -2.14. The van der Waals surface area contributed by atoms with Crippen molar-refractivity contribution in [3.8, 4) is 5.75 Å². The third-order valence-corrected chi connectivity index (χ3v) is 7.26. The fraction of sp³-hybridized carbons (Fsp3) is 0.381. The minimum atomic E-state index is -3.74. The third-order valence-electron chi connectivity index (χ3n) is 4.88. The Hall–Kier alpha value is -2.09. The summed E-state index contributed by atoms with van der Waals surface area (Å²) in [6.45, 7) is 1.12. The van der Waals surface area contributed by atoms with Crippen LogP contribution >= 0.6 is 11.6 Å². The summed E-state index contributed by atoms with van der Waals surface area (Å²) in [6.07, 6.45) is 3.20. The minimum absolute atomic E-state index is 0.0503. The van der Waals surface area contributed by atoms with Crippen LogP contribution in [0.2, 0.25) is 5.02 Å². The molecule has 2 aromatic carbocycles. The molecule has 0 aliphatic carbocycles. The lowest BCUT2D eigenvalue weighted by atomic mass is 10.1. The van der Waals surface area contributed by atoms with Crippen molar-refractivity contribution in [1.29, 1.82) is 0 Å². The maximum absolute atomic E-state index is 12.9. The molecule has 0 spiro atoms. The molecule has 2 aromatic rings. The summed E-state index contributed by atoms with van der Waals surface area (Å²) >= 11 is 6.15. The number of hydrogen-bond donors (Lipinski definition) is 0. The summed E-state index contributed by atoms with van der Waals surface area (Å²) < 4.78 is 37.7. The lowest BCUT2D eigenvalue weighted by molar-refractivity contribution is 0.0509. The fourth-order valence-electron chi connectivity index (χ4n) is 3.21. The Morgan fingerprint density at radius 2 is 1.76 bits per heavy atom. The summed E-state index contributed by atoms with van der Waals surface area (Å²) in [5, 5.41) is 0.102. The van der Waals surface area contributed by atoms with Crippen LogP contribution in [0.1, 0.15) is 35.2 Å². The fourth-order valence-corrected chi connectivity index (χ4v) is 5.23. The van der Waals surface area contributed by atoms with E-state index in [9.17, 15) is 13.2 Å². The van der Waals surface area contributed by atoms with E-state index in [-0.39, 0.29) is 22.1 Å². The summed E-state index contributed by atoms with van der Waals surface area (Å²) in [5.74, 6) is 0.180. The first-order valence-corrected chi connectivity index (χ1v) is 11.3. The van der Waals surface area contributed by atoms with E-state index in [1.54, 1.807) is 7.11 Å². The Morgan fingerprint density at radius 1 is 1.07 bits per heavy atom. The molecule has 0 bridgehead atoms. The first-order chi connectivity index (χ1) is 13.9. The number of halogens is 1. The van der Waals surface area contributed by atoms with Gasteiger partial charge in [-0.25, -0.2) is 13.2 Å². The predicted octanol–water partition coefficient (Wildman–Crippen LogP) is 3.92. The van der Waals surface area contributed by atoms with Gasteiger partial charge in [0.25, 0.3) is 0 Å². The van der Waals surface area contributed by atoms with Crippen molar-refractivity contribution in [3.63, 3.8) is 0 Å². The largest absolute Gasteiger partial charge is 0.497 e. The minimum Gasteiger partial charge on any atom is -0.497 e. The second-order valence-electron chi connectivity index (χ2n) is 6.84. The number of carbonyl (C=O) groups excluding carboxylic acids is 1. The molecule has 156 valence electrons. The highest BCUT2D eigenvalue weighted by molar-refractivity contribution is 7.89. The van der Waals surface area contributed by atoms with Crippen molar-refractivity contribution in [2.24, 2.45) is 0 Å². The number of sulfonamides is 1. The smallest absolute Gasteiger partial charge is 0.338 e. The van der Waals surface area contributed by atoms with Gasteiger partial charge in [0, 0.05) is 19.5 Å². The average Bonchev–Trinajstić information content (AvgIpc) is 2.75. The third kappa shape index (κ3) is 5.29. The van der Waals surface area contributed by atoms with Crippen LogP contribution in [-0.4, -0.2) is 45.5 Å². The first kappa shape index (κ1) is 21.6. The monoisotopic (exact) mass is 437 g/mol. The normalized spacial score (nSPS) is 15.1. The topological polar surface area (TPSA) is 72.9 Å². The SMILES string of the molecule is COc1ccc(CCOC(=O)c2ccc(Cl)c(S(=O)(=O)N3CCCCC3)c2)cc1. The van der Waals surface area contributed by atoms with Gasteiger partial charge in [-0.05, 0) is 48.7 Å². The molecule has 0 amide bonds. The molecule has 1 aliphatic rings. The number of nitrogens with zero attached hydrogens (tertiary/aromatic N) is 1. The summed E-state index contributed by atoms with van der Waals surface area (Å²) in [6, 6.07) is 11.7. The molecule has 1 saturated heterocycles. The van der Waals surface area contributed by atoms with E-state index < -0.39 is 16.0 Å². The first-order valence-electron chi connectivity index (χ1n) is 9.51. The Bertz CT molecular complexity index is 954. The summed E-state index contributed by atoms with van der Waals surface area (Å²) in [5.41, 5.74) is 1.17. The molecule has 1 heterocycles. The second kappa shape index (κ2) is 9.61. The van der Waals surface area contributed by atoms with Gasteiger partial charge in [-0.3, -0.25) is 0 Å². The maximum atomic E-state index is 12.9. The lowest BCUT2D eigenvalue weighted by Crippen LogP contribution is -2.35. The van der Waals surface area contributed by atoms with E-state index in [4.69, 9.17) is 21.1 Å². The predicted molar refractivity (Wildman–Crippen MR) is 111 cm³/mol. The second-order valence-corrected chi connectivity index (χ2v) is 9.16. The molecule has 0 unspecified atom stereocenters. The highest BCUT2D eigenvalue weighted by Crippen LogP contribution is 2.28. The van der Waals surface area contributed by atoms with Gasteiger partial charge in [-0.15, -0.1) is 0 Å². The quantitative estimate of drug-likeness (QED) is 0.614. The van der Waals surface area contributed by atoms with Crippen molar-refractivity contribution in [3.05, 3.63) is 58.6 Å². The molecule has 8 heteroatoms. The molecular weight excluding hydrogens is 414 g/mol. The molecule has 0 saturated carbocycles. The van der Waals surface area contributed by atoms with Crippen molar-refractivity contribution >= 4 is 27.6 Å². The van der Waals surface area contributed by atoms with E-state index in [0.717, 1.165) is 30.6 Å². The van der Waals surface area contributed by atoms with E-state index in [1.807, 2.05) is 24.3 Å². The van der Waals surface area contributed by atoms with E-state index in [1.165, 1.54) is 22.5 Å². The van der Waals surface area contributed by atoms with Crippen LogP contribution in [0.25, 0.3) is 0 Å². The van der Waals surface area contributed by atoms with Gasteiger partial charge in [0.1, 0.15) is 10.6 Å². The van der Waals surface area contributed by atoms with Crippen LogP contribution in [0.3, 0.4) is 0 Å². The molecule has 0 atom stereocenters. The molecule has 1 aliphatic heterocycles. The standard InChI is InChI=1S/C21H24ClNO5S/c1-27-18-8-5-16(6-9-18)11-14-28-21(24)17-7-10-19(22)20(15-17)29(25,26)23-12-3-2-4-13-23/h5-10,15H,2-4,11-14H2,1H3. The molecule has 0 aromatic heterocycles. The van der Waals surface area contributed by atoms with Crippen LogP contribution in [-0.2, 0) is 21.2 Å². The van der Waals surface area contributed by atoms with Gasteiger partial charge in [0.2, 0.25) is 10.0 Å². The van der Waals surface area contributed by atoms with Crippen LogP contribution in [0.15, 0.2) is 47.4 Å². The van der Waals surface area contributed by atoms with Crippen LogP contribution in [0.5, 0.6) is 5.75 Å². The van der Waals surface area contributed by atoms with Gasteiger partial charge in [-0.2, -0.15) is 4.31 Å². The van der Waals surface area contributed by atoms with Crippen molar-refractivity contribution in [2.45, 2.75) is 30.6 Å². The Balaban J connectivity index is 1.67. The molecule has 0 N–H and O–H groups in total. The number of hydrogen-bond acceptors (Lipinski definition) is 5. The summed E-state index contributed by atoms with van der Waals surface area (Å²) in [4.78, 5) is 12.4. The van der Waals surface area contributed by atoms with Crippen molar-refractivity contribution in [2.75, 3.05) is 26.8 Å². The molecule has 3 rings (SSSR count). The van der Waals surface area contributed by atoms with Crippen molar-refractivity contribution in [1.82, 2.24) is 4.31 Å². The van der Waals surface area contributed by atoms with Crippen LogP contribution in [0.4, 0.5) is 0 Å². The number of benzene rings is 2. The van der Waals surface area contributed by atoms with E-state index in [0.29, 0.717) is 19.5 Å². The zero-order valence-corrected chi connectivity index (χ0v) is 17.8. The molecule has 29 heavy (non-hydrogen) atoms. The molecular formula is C21H24ClNO5S. The maximum Gasteiger partial charge on any atom is 0.338 e. The van der Waals surface area contributed by atoms with Crippen molar-refractivity contribution < 1.29 is 22.7 Å². The Labute approximate surface area is 176 Å². The van der Waals surface area contributed by atoms with Gasteiger partial charge >= 0.3 is 5.97 Å². The number of ether oxygens (including phenoxy) is 2. The van der Waals surface area contributed by atoms with E-state index >= 15 is 0 Å². The van der Waals surface area contributed by atoms with Crippen LogP contribution in [0, 0.1) is 0 Å². The number of esters is 1. The molecule has 6 nitrogen and oxygen atoms in total.